The molecule has 2 amide bonds. The summed E-state index contributed by atoms with van der Waals surface area (Å²) in [7, 11) is 0. The number of nitrogens with one attached hydrogen (secondary N) is 1. The molecule has 22 heavy (non-hydrogen) atoms. The van der Waals surface area contributed by atoms with Crippen molar-refractivity contribution in [2.75, 3.05) is 13.1 Å². The van der Waals surface area contributed by atoms with Gasteiger partial charge < -0.3 is 19.7 Å². The maximum absolute atomic E-state index is 12.1. The van der Waals surface area contributed by atoms with E-state index < -0.39 is 17.3 Å². The first-order valence-corrected chi connectivity index (χ1v) is 7.85. The maximum Gasteiger partial charge on any atom is 0.410 e. The molecule has 6 heteroatoms. The zero-order chi connectivity index (χ0) is 17.1. The van der Waals surface area contributed by atoms with Crippen LogP contribution >= 0.6 is 0 Å². The number of amides is 2. The van der Waals surface area contributed by atoms with Gasteiger partial charge in [-0.3, -0.25) is 0 Å². The van der Waals surface area contributed by atoms with Crippen LogP contribution in [0.1, 0.15) is 54.9 Å². The van der Waals surface area contributed by atoms with Gasteiger partial charge in [-0.05, 0) is 53.9 Å². The van der Waals surface area contributed by atoms with E-state index in [2.05, 4.69) is 5.32 Å². The molecule has 0 saturated carbocycles. The molecule has 1 saturated heterocycles. The lowest BCUT2D eigenvalue weighted by molar-refractivity contribution is 0.0128. The average molecular weight is 314 g/mol. The quantitative estimate of drug-likeness (QED) is 0.807. The monoisotopic (exact) mass is 314 g/mol. The van der Waals surface area contributed by atoms with Gasteiger partial charge in [0, 0.05) is 19.1 Å². The number of hydrogen-bond donors (Lipinski definition) is 1. The standard InChI is InChI=1S/C16H30N2O4/c1-11-10-18(14(20)22-16(5,6)7)9-8-12(11)17-13(19)21-15(2,3)4/h11-12H,8-10H2,1-7H3,(H,17,19). The highest BCUT2D eigenvalue weighted by Crippen LogP contribution is 2.20. The Morgan fingerprint density at radius 1 is 1.05 bits per heavy atom. The number of likely N-dealkylation sites (tertiary alicyclic amines) is 1. The second-order valence-corrected chi connectivity index (χ2v) is 7.95. The molecule has 1 N–H and O–H groups in total. The van der Waals surface area contributed by atoms with Crippen molar-refractivity contribution >= 4 is 12.2 Å². The van der Waals surface area contributed by atoms with Crippen molar-refractivity contribution in [1.29, 1.82) is 0 Å². The fourth-order valence-corrected chi connectivity index (χ4v) is 2.31. The highest BCUT2D eigenvalue weighted by molar-refractivity contribution is 5.69. The minimum Gasteiger partial charge on any atom is -0.444 e. The average Bonchev–Trinajstić information content (AvgIpc) is 2.26. The van der Waals surface area contributed by atoms with Gasteiger partial charge >= 0.3 is 12.2 Å². The number of ether oxygens (including phenoxy) is 2. The molecule has 2 atom stereocenters. The summed E-state index contributed by atoms with van der Waals surface area (Å²) in [6.07, 6.45) is -0.00948. The Morgan fingerprint density at radius 3 is 2.05 bits per heavy atom. The van der Waals surface area contributed by atoms with Crippen LogP contribution in [0.25, 0.3) is 0 Å². The van der Waals surface area contributed by atoms with Gasteiger partial charge in [0.2, 0.25) is 0 Å². The number of rotatable bonds is 1. The van der Waals surface area contributed by atoms with Gasteiger partial charge in [-0.1, -0.05) is 6.92 Å². The predicted molar refractivity (Wildman–Crippen MR) is 84.7 cm³/mol. The van der Waals surface area contributed by atoms with E-state index in [1.54, 1.807) is 4.90 Å². The van der Waals surface area contributed by atoms with E-state index in [0.717, 1.165) is 0 Å². The summed E-state index contributed by atoms with van der Waals surface area (Å²) < 4.78 is 10.7. The molecular formula is C16H30N2O4. The van der Waals surface area contributed by atoms with Crippen molar-refractivity contribution < 1.29 is 19.1 Å². The largest absolute Gasteiger partial charge is 0.444 e. The van der Waals surface area contributed by atoms with Crippen LogP contribution in [0.3, 0.4) is 0 Å². The topological polar surface area (TPSA) is 67.9 Å². The Labute approximate surface area is 133 Å². The molecule has 1 heterocycles. The minimum absolute atomic E-state index is 0.00790. The van der Waals surface area contributed by atoms with Crippen LogP contribution in [0.5, 0.6) is 0 Å². The molecule has 0 aromatic carbocycles. The van der Waals surface area contributed by atoms with Gasteiger partial charge in [0.1, 0.15) is 11.2 Å². The molecular weight excluding hydrogens is 284 g/mol. The molecule has 1 aliphatic heterocycles. The SMILES string of the molecule is CC1CN(C(=O)OC(C)(C)C)CCC1NC(=O)OC(C)(C)C. The van der Waals surface area contributed by atoms with E-state index in [1.807, 2.05) is 48.5 Å². The Bertz CT molecular complexity index is 409. The van der Waals surface area contributed by atoms with E-state index in [4.69, 9.17) is 9.47 Å². The van der Waals surface area contributed by atoms with Crippen molar-refractivity contribution in [3.05, 3.63) is 0 Å². The van der Waals surface area contributed by atoms with Crippen LogP contribution in [0.4, 0.5) is 9.59 Å². The summed E-state index contributed by atoms with van der Waals surface area (Å²) in [6, 6.07) is 0.00790. The Balaban J connectivity index is 2.49. The van der Waals surface area contributed by atoms with E-state index in [9.17, 15) is 9.59 Å². The van der Waals surface area contributed by atoms with Crippen molar-refractivity contribution in [1.82, 2.24) is 10.2 Å². The van der Waals surface area contributed by atoms with Crippen molar-refractivity contribution in [2.24, 2.45) is 5.92 Å². The first-order chi connectivity index (χ1) is 9.87. The fraction of sp³-hybridized carbons (Fsp3) is 0.875. The second kappa shape index (κ2) is 6.75. The molecule has 128 valence electrons. The van der Waals surface area contributed by atoms with Crippen LogP contribution < -0.4 is 5.32 Å². The van der Waals surface area contributed by atoms with Gasteiger partial charge in [-0.2, -0.15) is 0 Å². The third-order valence-corrected chi connectivity index (χ3v) is 3.26. The Morgan fingerprint density at radius 2 is 1.59 bits per heavy atom. The number of carbonyl (C=O) groups is 2. The van der Waals surface area contributed by atoms with Gasteiger partial charge in [0.05, 0.1) is 0 Å². The summed E-state index contributed by atoms with van der Waals surface area (Å²) in [6.45, 7) is 14.2. The third-order valence-electron chi connectivity index (χ3n) is 3.26. The minimum atomic E-state index is -0.509. The first-order valence-electron chi connectivity index (χ1n) is 7.85. The molecule has 0 bridgehead atoms. The summed E-state index contributed by atoms with van der Waals surface area (Å²) in [5.74, 6) is 0.147. The van der Waals surface area contributed by atoms with E-state index >= 15 is 0 Å². The lowest BCUT2D eigenvalue weighted by Gasteiger charge is -2.38. The summed E-state index contributed by atoms with van der Waals surface area (Å²) in [5.41, 5.74) is -1.00. The van der Waals surface area contributed by atoms with Crippen LogP contribution in [0, 0.1) is 5.92 Å². The van der Waals surface area contributed by atoms with Crippen LogP contribution in [-0.4, -0.2) is 47.4 Å². The van der Waals surface area contributed by atoms with Gasteiger partial charge in [-0.25, -0.2) is 9.59 Å². The summed E-state index contributed by atoms with van der Waals surface area (Å²) >= 11 is 0. The molecule has 1 rings (SSSR count). The van der Waals surface area contributed by atoms with Gasteiger partial charge in [0.15, 0.2) is 0 Å². The molecule has 0 spiro atoms. The third kappa shape index (κ3) is 6.54. The van der Waals surface area contributed by atoms with Crippen LogP contribution in [0.15, 0.2) is 0 Å². The Kier molecular flexibility index (Phi) is 5.70. The predicted octanol–water partition coefficient (Wildman–Crippen LogP) is 3.16. The Hall–Kier alpha value is -1.46. The normalized spacial score (nSPS) is 23.0. The molecule has 2 unspecified atom stereocenters. The second-order valence-electron chi connectivity index (χ2n) is 7.95. The first kappa shape index (κ1) is 18.6. The van der Waals surface area contributed by atoms with Crippen molar-refractivity contribution in [3.63, 3.8) is 0 Å². The molecule has 0 radical (unpaired) electrons. The number of hydrogen-bond acceptors (Lipinski definition) is 4. The smallest absolute Gasteiger partial charge is 0.410 e. The lowest BCUT2D eigenvalue weighted by Crippen LogP contribution is -2.53. The summed E-state index contributed by atoms with van der Waals surface area (Å²) in [5, 5.41) is 2.89. The van der Waals surface area contributed by atoms with Gasteiger partial charge in [0.25, 0.3) is 0 Å². The van der Waals surface area contributed by atoms with Gasteiger partial charge in [-0.15, -0.1) is 0 Å². The highest BCUT2D eigenvalue weighted by atomic mass is 16.6. The van der Waals surface area contributed by atoms with Crippen LogP contribution in [-0.2, 0) is 9.47 Å². The molecule has 0 aromatic heterocycles. The molecule has 6 nitrogen and oxygen atoms in total. The van der Waals surface area contributed by atoms with E-state index in [1.165, 1.54) is 0 Å². The maximum atomic E-state index is 12.1. The lowest BCUT2D eigenvalue weighted by atomic mass is 9.94. The highest BCUT2D eigenvalue weighted by Gasteiger charge is 2.32. The number of alkyl carbamates (subject to hydrolysis) is 1. The zero-order valence-corrected chi connectivity index (χ0v) is 14.9. The number of nitrogens with zero attached hydrogens (tertiary/aromatic N) is 1. The number of carbonyl (C=O) groups excluding carboxylic acids is 2. The number of piperidine rings is 1. The fourth-order valence-electron chi connectivity index (χ4n) is 2.31. The van der Waals surface area contributed by atoms with E-state index in [0.29, 0.717) is 19.5 Å². The summed E-state index contributed by atoms with van der Waals surface area (Å²) in [4.78, 5) is 25.6. The molecule has 0 aromatic rings. The molecule has 1 aliphatic rings. The molecule has 1 fully saturated rings. The van der Waals surface area contributed by atoms with Crippen molar-refractivity contribution in [3.8, 4) is 0 Å². The van der Waals surface area contributed by atoms with Crippen LogP contribution in [0.2, 0.25) is 0 Å². The zero-order valence-electron chi connectivity index (χ0n) is 14.9. The van der Waals surface area contributed by atoms with Crippen molar-refractivity contribution in [2.45, 2.75) is 72.1 Å². The molecule has 0 aliphatic carbocycles. The van der Waals surface area contributed by atoms with E-state index in [-0.39, 0.29) is 18.1 Å².